The van der Waals surface area contributed by atoms with Gasteiger partial charge in [0.05, 0.1) is 12.7 Å². The van der Waals surface area contributed by atoms with Crippen LogP contribution < -0.4 is 0 Å². The van der Waals surface area contributed by atoms with E-state index >= 15 is 0 Å². The first-order valence-corrected chi connectivity index (χ1v) is 5.74. The maximum Gasteiger partial charge on any atom is 0.321 e. The Labute approximate surface area is 103 Å². The third kappa shape index (κ3) is 2.35. The van der Waals surface area contributed by atoms with E-state index < -0.39 is 42.7 Å². The lowest BCUT2D eigenvalue weighted by Crippen LogP contribution is -2.60. The molecule has 0 saturated carbocycles. The third-order valence-corrected chi connectivity index (χ3v) is 3.40. The van der Waals surface area contributed by atoms with E-state index in [-0.39, 0.29) is 19.6 Å². The average Bonchev–Trinajstić information content (AvgIpc) is 2.68. The highest BCUT2D eigenvalue weighted by atomic mass is 16.5. The van der Waals surface area contributed by atoms with Gasteiger partial charge in [-0.3, -0.25) is 9.69 Å². The van der Waals surface area contributed by atoms with Gasteiger partial charge in [0.25, 0.3) is 0 Å². The van der Waals surface area contributed by atoms with Gasteiger partial charge >= 0.3 is 5.97 Å². The molecule has 0 aromatic heterocycles. The van der Waals surface area contributed by atoms with Crippen molar-refractivity contribution in [3.05, 3.63) is 0 Å². The second-order valence-corrected chi connectivity index (χ2v) is 4.71. The van der Waals surface area contributed by atoms with Crippen LogP contribution in [0.2, 0.25) is 0 Å². The highest BCUT2D eigenvalue weighted by Gasteiger charge is 2.47. The topological polar surface area (TPSA) is 131 Å². The lowest BCUT2D eigenvalue weighted by molar-refractivity contribution is -0.232. The number of likely N-dealkylation sites (tertiary alicyclic amines) is 1. The lowest BCUT2D eigenvalue weighted by atomic mass is 10.0. The molecule has 0 radical (unpaired) electrons. The number of carboxylic acids is 1. The van der Waals surface area contributed by atoms with Gasteiger partial charge in [-0.05, 0) is 0 Å². The number of aliphatic hydroxyl groups excluding tert-OH is 4. The molecule has 18 heavy (non-hydrogen) atoms. The Morgan fingerprint density at radius 1 is 1.17 bits per heavy atom. The molecule has 0 bridgehead atoms. The van der Waals surface area contributed by atoms with Crippen LogP contribution in [0.5, 0.6) is 0 Å². The summed E-state index contributed by atoms with van der Waals surface area (Å²) in [5.41, 5.74) is 0. The molecular weight excluding hydrogens is 246 g/mol. The Morgan fingerprint density at radius 3 is 2.44 bits per heavy atom. The van der Waals surface area contributed by atoms with Crippen LogP contribution in [0.25, 0.3) is 0 Å². The number of aliphatic hydroxyl groups is 4. The standard InChI is InChI=1S/C10H17NO7/c12-4-1-5(10(16)17)11(2-4)9-8(15)7(14)6(13)3-18-9/h4-9,12-15H,1-3H2,(H,16,17)/t4-,5+,6+,7+,8-,9?/m1/s1. The molecule has 2 rings (SSSR count). The molecule has 2 aliphatic rings. The number of rotatable bonds is 2. The first-order valence-electron chi connectivity index (χ1n) is 5.74. The highest BCUT2D eigenvalue weighted by molar-refractivity contribution is 5.74. The Bertz CT molecular complexity index is 325. The van der Waals surface area contributed by atoms with Crippen molar-refractivity contribution in [1.82, 2.24) is 4.90 Å². The first kappa shape index (κ1) is 13.7. The zero-order valence-corrected chi connectivity index (χ0v) is 9.59. The minimum absolute atomic E-state index is 0.0422. The Hall–Kier alpha value is -0.770. The second kappa shape index (κ2) is 5.08. The number of carboxylic acid groups (broad SMARTS) is 1. The molecule has 2 heterocycles. The van der Waals surface area contributed by atoms with Crippen LogP contribution in [0.4, 0.5) is 0 Å². The van der Waals surface area contributed by atoms with Crippen LogP contribution in [-0.4, -0.2) is 86.2 Å². The van der Waals surface area contributed by atoms with E-state index in [0.717, 1.165) is 0 Å². The summed E-state index contributed by atoms with van der Waals surface area (Å²) in [4.78, 5) is 12.3. The largest absolute Gasteiger partial charge is 0.480 e. The maximum atomic E-state index is 11.1. The molecule has 2 fully saturated rings. The molecular formula is C10H17NO7. The van der Waals surface area contributed by atoms with E-state index in [1.807, 2.05) is 0 Å². The van der Waals surface area contributed by atoms with Crippen molar-refractivity contribution in [1.29, 1.82) is 0 Å². The summed E-state index contributed by atoms with van der Waals surface area (Å²) >= 11 is 0. The lowest BCUT2D eigenvalue weighted by Gasteiger charge is -2.41. The molecule has 6 atom stereocenters. The Balaban J connectivity index is 2.12. The van der Waals surface area contributed by atoms with Crippen LogP contribution in [0, 0.1) is 0 Å². The molecule has 8 heteroatoms. The van der Waals surface area contributed by atoms with Gasteiger partial charge < -0.3 is 30.3 Å². The monoisotopic (exact) mass is 263 g/mol. The van der Waals surface area contributed by atoms with Gasteiger partial charge in [0.1, 0.15) is 30.6 Å². The number of ether oxygens (including phenoxy) is 1. The molecule has 1 unspecified atom stereocenters. The number of hydrogen-bond acceptors (Lipinski definition) is 7. The van der Waals surface area contributed by atoms with Gasteiger partial charge in [-0.1, -0.05) is 0 Å². The summed E-state index contributed by atoms with van der Waals surface area (Å²) in [6, 6.07) is -0.970. The second-order valence-electron chi connectivity index (χ2n) is 4.71. The smallest absolute Gasteiger partial charge is 0.321 e. The van der Waals surface area contributed by atoms with Crippen LogP contribution in [-0.2, 0) is 9.53 Å². The van der Waals surface area contributed by atoms with Crippen molar-refractivity contribution in [2.45, 2.75) is 43.1 Å². The van der Waals surface area contributed by atoms with Crippen LogP contribution in [0.1, 0.15) is 6.42 Å². The van der Waals surface area contributed by atoms with Crippen LogP contribution in [0.3, 0.4) is 0 Å². The summed E-state index contributed by atoms with van der Waals surface area (Å²) in [6.45, 7) is -0.149. The van der Waals surface area contributed by atoms with Gasteiger partial charge in [-0.15, -0.1) is 0 Å². The first-order chi connectivity index (χ1) is 8.41. The van der Waals surface area contributed by atoms with E-state index in [9.17, 15) is 25.2 Å². The van der Waals surface area contributed by atoms with Gasteiger partial charge in [0.2, 0.25) is 0 Å². The van der Waals surface area contributed by atoms with Crippen LogP contribution in [0.15, 0.2) is 0 Å². The van der Waals surface area contributed by atoms with E-state index in [0.29, 0.717) is 0 Å². The number of carbonyl (C=O) groups is 1. The van der Waals surface area contributed by atoms with E-state index in [1.54, 1.807) is 0 Å². The summed E-state index contributed by atoms with van der Waals surface area (Å²) < 4.78 is 5.18. The average molecular weight is 263 g/mol. The minimum Gasteiger partial charge on any atom is -0.480 e. The van der Waals surface area contributed by atoms with E-state index in [1.165, 1.54) is 4.90 Å². The highest BCUT2D eigenvalue weighted by Crippen LogP contribution is 2.27. The molecule has 8 nitrogen and oxygen atoms in total. The molecule has 104 valence electrons. The molecule has 0 amide bonds. The van der Waals surface area contributed by atoms with Crippen LogP contribution >= 0.6 is 0 Å². The van der Waals surface area contributed by atoms with Crippen molar-refractivity contribution in [3.63, 3.8) is 0 Å². The molecule has 0 aromatic carbocycles. The van der Waals surface area contributed by atoms with Gasteiger partial charge in [0.15, 0.2) is 0 Å². The predicted molar refractivity (Wildman–Crippen MR) is 56.5 cm³/mol. The Morgan fingerprint density at radius 2 is 1.83 bits per heavy atom. The fourth-order valence-corrected chi connectivity index (χ4v) is 2.44. The van der Waals surface area contributed by atoms with Crippen molar-refractivity contribution >= 4 is 5.97 Å². The quantitative estimate of drug-likeness (QED) is 0.355. The molecule has 2 saturated heterocycles. The van der Waals surface area contributed by atoms with E-state index in [4.69, 9.17) is 9.84 Å². The summed E-state index contributed by atoms with van der Waals surface area (Å²) in [5, 5.41) is 47.2. The summed E-state index contributed by atoms with van der Waals surface area (Å²) in [7, 11) is 0. The molecule has 0 aliphatic carbocycles. The zero-order valence-electron chi connectivity index (χ0n) is 9.59. The third-order valence-electron chi connectivity index (χ3n) is 3.40. The predicted octanol–water partition coefficient (Wildman–Crippen LogP) is -3.05. The summed E-state index contributed by atoms with van der Waals surface area (Å²) in [5.74, 6) is -1.12. The Kier molecular flexibility index (Phi) is 3.85. The normalized spacial score (nSPS) is 46.2. The van der Waals surface area contributed by atoms with E-state index in [2.05, 4.69) is 0 Å². The molecule has 0 spiro atoms. The fourth-order valence-electron chi connectivity index (χ4n) is 2.44. The van der Waals surface area contributed by atoms with Crippen molar-refractivity contribution in [3.8, 4) is 0 Å². The molecule has 0 aromatic rings. The number of nitrogens with zero attached hydrogens (tertiary/aromatic N) is 1. The van der Waals surface area contributed by atoms with Crippen molar-refractivity contribution in [2.24, 2.45) is 0 Å². The minimum atomic E-state index is -1.42. The van der Waals surface area contributed by atoms with Gasteiger partial charge in [-0.2, -0.15) is 0 Å². The van der Waals surface area contributed by atoms with Gasteiger partial charge in [-0.25, -0.2) is 0 Å². The maximum absolute atomic E-state index is 11.1. The zero-order chi connectivity index (χ0) is 13.4. The van der Waals surface area contributed by atoms with Crippen molar-refractivity contribution < 1.29 is 35.1 Å². The van der Waals surface area contributed by atoms with Gasteiger partial charge in [0, 0.05) is 13.0 Å². The fraction of sp³-hybridized carbons (Fsp3) is 0.900. The summed E-state index contributed by atoms with van der Waals surface area (Å²) in [6.07, 6.45) is -5.82. The number of hydrogen-bond donors (Lipinski definition) is 5. The molecule has 5 N–H and O–H groups in total. The number of aliphatic carboxylic acids is 1. The van der Waals surface area contributed by atoms with Crippen molar-refractivity contribution in [2.75, 3.05) is 13.2 Å². The number of β-amino-alcohol motifs (C(OH)–C–C–N with tert-alkyl or cyclic N) is 1. The SMILES string of the molecule is O=C(O)[C@@H]1C[C@@H](O)CN1C1OC[C@H](O)[C@H](O)[C@H]1O. The molecule has 2 aliphatic heterocycles.